The summed E-state index contributed by atoms with van der Waals surface area (Å²) in [6.07, 6.45) is 3.91. The Bertz CT molecular complexity index is 2220. The van der Waals surface area contributed by atoms with Crippen LogP contribution in [0.4, 0.5) is 13.6 Å². The highest BCUT2D eigenvalue weighted by Gasteiger charge is 2.34. The fourth-order valence-electron chi connectivity index (χ4n) is 7.51. The summed E-state index contributed by atoms with van der Waals surface area (Å²) in [5.74, 6) is -0.860. The number of ether oxygens (including phenoxy) is 1. The maximum absolute atomic E-state index is 17.4. The second-order valence-electron chi connectivity index (χ2n) is 14.1. The lowest BCUT2D eigenvalue weighted by molar-refractivity contribution is -0.128. The normalized spacial score (nSPS) is 16.7. The van der Waals surface area contributed by atoms with Crippen molar-refractivity contribution >= 4 is 56.3 Å². The van der Waals surface area contributed by atoms with E-state index in [9.17, 15) is 19.2 Å². The molecule has 2 aliphatic rings. The molecular formula is C39H39F2N5O3S. The number of aryl methyl sites for hydroxylation is 1. The number of likely N-dealkylation sites (tertiary alicyclic amines) is 2. The molecule has 2 amide bonds. The van der Waals surface area contributed by atoms with Crippen LogP contribution in [0.15, 0.2) is 53.6 Å². The molecule has 2 fully saturated rings. The Morgan fingerprint density at radius 2 is 1.92 bits per heavy atom. The summed E-state index contributed by atoms with van der Waals surface area (Å²) in [4.78, 5) is 34.5. The average Bonchev–Trinajstić information content (AvgIpc) is 3.82. The molecular weight excluding hydrogens is 657 g/mol. The van der Waals surface area contributed by atoms with E-state index in [0.29, 0.717) is 71.5 Å². The standard InChI is InChI=1S/C39H39F2N5O3S/c1-39(2,3)49-38(48)45-17-14-26(21-45)46-27(22-44-16-7-11-32(44)47)20-31-36(46)30-18-24(9-6-15-42)33(34(41)35(30)43-37(31)50-4)28-10-5-8-23-12-13-25(40)19-29(23)28/h5,8,10,12-13,18-20,26H,6-7,9,11,14,16-17,21-22H2,1-4H3. The van der Waals surface area contributed by atoms with E-state index >= 15 is 4.39 Å². The Kier molecular flexibility index (Phi) is 8.93. The summed E-state index contributed by atoms with van der Waals surface area (Å²) < 4.78 is 39.8. The first-order valence-electron chi connectivity index (χ1n) is 17.0. The number of amides is 2. The van der Waals surface area contributed by atoms with E-state index in [4.69, 9.17) is 9.72 Å². The van der Waals surface area contributed by atoms with Crippen LogP contribution < -0.4 is 0 Å². The molecule has 4 heterocycles. The van der Waals surface area contributed by atoms with E-state index in [1.165, 1.54) is 23.9 Å². The zero-order chi connectivity index (χ0) is 35.3. The Morgan fingerprint density at radius 3 is 2.64 bits per heavy atom. The molecule has 0 saturated carbocycles. The number of nitriles is 1. The third-order valence-corrected chi connectivity index (χ3v) is 10.4. The van der Waals surface area contributed by atoms with Gasteiger partial charge in [-0.1, -0.05) is 24.3 Å². The Hall–Kier alpha value is -4.69. The van der Waals surface area contributed by atoms with E-state index in [2.05, 4.69) is 16.7 Å². The number of thioether (sulfide) groups is 1. The summed E-state index contributed by atoms with van der Waals surface area (Å²) in [5, 5.41) is 13.0. The van der Waals surface area contributed by atoms with Gasteiger partial charge in [-0.25, -0.2) is 18.6 Å². The van der Waals surface area contributed by atoms with Crippen LogP contribution in [0.3, 0.4) is 0 Å². The van der Waals surface area contributed by atoms with Gasteiger partial charge in [-0.3, -0.25) is 4.79 Å². The van der Waals surface area contributed by atoms with Gasteiger partial charge in [-0.15, -0.1) is 11.8 Å². The van der Waals surface area contributed by atoms with Gasteiger partial charge in [0, 0.05) is 54.5 Å². The second kappa shape index (κ2) is 13.2. The number of carbonyl (C=O) groups excluding carboxylic acids is 2. The van der Waals surface area contributed by atoms with Crippen LogP contribution >= 0.6 is 11.8 Å². The molecule has 1 atom stereocenters. The molecule has 2 aromatic heterocycles. The number of carbonyl (C=O) groups is 2. The third-order valence-electron chi connectivity index (χ3n) is 9.65. The van der Waals surface area contributed by atoms with Crippen LogP contribution in [-0.2, 0) is 22.5 Å². The van der Waals surface area contributed by atoms with Gasteiger partial charge in [-0.05, 0) is 92.5 Å². The number of fused-ring (bicyclic) bond motifs is 4. The minimum atomic E-state index is -0.642. The van der Waals surface area contributed by atoms with Crippen LogP contribution in [-0.4, -0.2) is 62.8 Å². The summed E-state index contributed by atoms with van der Waals surface area (Å²) in [5.41, 5.74) is 2.68. The first-order valence-corrected chi connectivity index (χ1v) is 18.2. The van der Waals surface area contributed by atoms with Gasteiger partial charge >= 0.3 is 6.09 Å². The average molecular weight is 696 g/mol. The fourth-order valence-corrected chi connectivity index (χ4v) is 8.07. The monoisotopic (exact) mass is 695 g/mol. The Labute approximate surface area is 294 Å². The smallest absolute Gasteiger partial charge is 0.410 e. The summed E-state index contributed by atoms with van der Waals surface area (Å²) in [6, 6.07) is 16.0. The molecule has 0 bridgehead atoms. The number of rotatable bonds is 7. The Morgan fingerprint density at radius 1 is 1.10 bits per heavy atom. The molecule has 0 spiro atoms. The van der Waals surface area contributed by atoms with Crippen molar-refractivity contribution < 1.29 is 23.1 Å². The van der Waals surface area contributed by atoms with Crippen molar-refractivity contribution in [2.45, 2.75) is 76.1 Å². The van der Waals surface area contributed by atoms with Crippen molar-refractivity contribution in [3.63, 3.8) is 0 Å². The van der Waals surface area contributed by atoms with Gasteiger partial charge in [0.15, 0.2) is 5.82 Å². The van der Waals surface area contributed by atoms with Gasteiger partial charge in [0.2, 0.25) is 5.91 Å². The van der Waals surface area contributed by atoms with E-state index in [1.807, 2.05) is 50.1 Å². The molecule has 2 saturated heterocycles. The molecule has 8 nitrogen and oxygen atoms in total. The molecule has 7 rings (SSSR count). The predicted molar refractivity (Wildman–Crippen MR) is 192 cm³/mol. The highest BCUT2D eigenvalue weighted by molar-refractivity contribution is 7.98. The third kappa shape index (κ3) is 6.15. The lowest BCUT2D eigenvalue weighted by Gasteiger charge is -2.25. The molecule has 3 aromatic carbocycles. The van der Waals surface area contributed by atoms with Crippen LogP contribution in [0.5, 0.6) is 0 Å². The lowest BCUT2D eigenvalue weighted by atomic mass is 9.90. The largest absolute Gasteiger partial charge is 0.444 e. The minimum absolute atomic E-state index is 0.0951. The van der Waals surface area contributed by atoms with Gasteiger partial charge in [0.1, 0.15) is 22.0 Å². The number of aromatic nitrogens is 2. The number of hydrogen-bond acceptors (Lipinski definition) is 6. The van der Waals surface area contributed by atoms with Gasteiger partial charge in [0.25, 0.3) is 0 Å². The first kappa shape index (κ1) is 33.8. The molecule has 5 aromatic rings. The highest BCUT2D eigenvalue weighted by Crippen LogP contribution is 2.43. The maximum atomic E-state index is 17.4. The molecule has 50 heavy (non-hydrogen) atoms. The second-order valence-corrected chi connectivity index (χ2v) is 14.9. The van der Waals surface area contributed by atoms with E-state index in [0.717, 1.165) is 28.4 Å². The van der Waals surface area contributed by atoms with Crippen molar-refractivity contribution in [1.82, 2.24) is 19.4 Å². The summed E-state index contributed by atoms with van der Waals surface area (Å²) in [7, 11) is 0. The summed E-state index contributed by atoms with van der Waals surface area (Å²) in [6.45, 7) is 7.44. The first-order chi connectivity index (χ1) is 24.0. The van der Waals surface area contributed by atoms with Crippen molar-refractivity contribution in [3.05, 3.63) is 71.4 Å². The van der Waals surface area contributed by atoms with Crippen LogP contribution in [0.25, 0.3) is 43.7 Å². The zero-order valence-corrected chi connectivity index (χ0v) is 29.5. The quantitative estimate of drug-likeness (QED) is 0.158. The van der Waals surface area contributed by atoms with Crippen LogP contribution in [0.1, 0.15) is 63.8 Å². The molecule has 11 heteroatoms. The van der Waals surface area contributed by atoms with E-state index < -0.39 is 17.2 Å². The number of hydrogen-bond donors (Lipinski definition) is 0. The molecule has 2 aliphatic heterocycles. The van der Waals surface area contributed by atoms with Gasteiger partial charge in [0.05, 0.1) is 24.2 Å². The Balaban J connectivity index is 1.48. The summed E-state index contributed by atoms with van der Waals surface area (Å²) >= 11 is 1.42. The number of halogens is 2. The number of pyridine rings is 1. The maximum Gasteiger partial charge on any atom is 0.410 e. The molecule has 0 aliphatic carbocycles. The number of nitrogens with zero attached hydrogens (tertiary/aromatic N) is 5. The minimum Gasteiger partial charge on any atom is -0.444 e. The molecule has 258 valence electrons. The van der Waals surface area contributed by atoms with Crippen molar-refractivity contribution in [1.29, 1.82) is 5.26 Å². The molecule has 1 unspecified atom stereocenters. The molecule has 0 radical (unpaired) electrons. The SMILES string of the molecule is CSc1nc2c(F)c(-c3cccc4ccc(F)cc34)c(CCC#N)cc2c2c1cc(CN1CCCC1=O)n2C1CCN(C(=O)OC(C)(C)C)C1. The van der Waals surface area contributed by atoms with Crippen LogP contribution in [0, 0.1) is 23.0 Å². The van der Waals surface area contributed by atoms with Crippen LogP contribution in [0.2, 0.25) is 0 Å². The van der Waals surface area contributed by atoms with Crippen molar-refractivity contribution in [2.75, 3.05) is 25.9 Å². The van der Waals surface area contributed by atoms with Gasteiger partial charge in [-0.2, -0.15) is 5.26 Å². The fraction of sp³-hybridized carbons (Fsp3) is 0.385. The topological polar surface area (TPSA) is 91.5 Å². The van der Waals surface area contributed by atoms with E-state index in [-0.39, 0.29) is 36.4 Å². The van der Waals surface area contributed by atoms with Gasteiger partial charge < -0.3 is 19.1 Å². The highest BCUT2D eigenvalue weighted by atomic mass is 32.2. The molecule has 0 N–H and O–H groups in total. The predicted octanol–water partition coefficient (Wildman–Crippen LogP) is 8.77. The lowest BCUT2D eigenvalue weighted by Crippen LogP contribution is -2.35. The number of benzene rings is 3. The van der Waals surface area contributed by atoms with E-state index in [1.54, 1.807) is 17.0 Å². The zero-order valence-electron chi connectivity index (χ0n) is 28.7. The van der Waals surface area contributed by atoms with Crippen molar-refractivity contribution in [3.8, 4) is 17.2 Å². The van der Waals surface area contributed by atoms with Crippen molar-refractivity contribution in [2.24, 2.45) is 0 Å².